The van der Waals surface area contributed by atoms with Gasteiger partial charge in [0, 0.05) is 12.8 Å². The highest BCUT2D eigenvalue weighted by atomic mass is 19.1. The molecule has 0 aromatic rings. The lowest BCUT2D eigenvalue weighted by molar-refractivity contribution is -0.212. The van der Waals surface area contributed by atoms with Gasteiger partial charge in [0.15, 0.2) is 0 Å². The van der Waals surface area contributed by atoms with E-state index in [2.05, 4.69) is 12.1 Å². The van der Waals surface area contributed by atoms with Gasteiger partial charge in [-0.25, -0.2) is 9.18 Å². The summed E-state index contributed by atoms with van der Waals surface area (Å²) in [6.45, 7) is 2.84. The largest absolute Gasteiger partial charge is 0.457 e. The van der Waals surface area contributed by atoms with Crippen molar-refractivity contribution in [3.63, 3.8) is 0 Å². The fourth-order valence-corrected chi connectivity index (χ4v) is 5.16. The monoisotopic (exact) mass is 304 g/mol. The average Bonchev–Trinajstić information content (AvgIpc) is 2.45. The maximum absolute atomic E-state index is 14.2. The molecule has 4 saturated carbocycles. The zero-order valence-corrected chi connectivity index (χ0v) is 13.1. The molecule has 0 saturated heterocycles. The molecule has 0 aromatic carbocycles. The molecule has 4 rings (SSSR count). The second kappa shape index (κ2) is 4.44. The number of hydrogen-bond acceptors (Lipinski definition) is 4. The van der Waals surface area contributed by atoms with Gasteiger partial charge in [0.25, 0.3) is 0 Å². The number of carbonyl (C=O) groups is 1. The fraction of sp³-hybridized carbons (Fsp3) is 0.824. The lowest BCUT2D eigenvalue weighted by Crippen LogP contribution is -2.61. The van der Waals surface area contributed by atoms with E-state index in [0.29, 0.717) is 25.7 Å². The van der Waals surface area contributed by atoms with Gasteiger partial charge < -0.3 is 4.74 Å². The molecule has 22 heavy (non-hydrogen) atoms. The Morgan fingerprint density at radius 3 is 2.23 bits per heavy atom. The van der Waals surface area contributed by atoms with Crippen molar-refractivity contribution < 1.29 is 13.9 Å². The molecule has 0 radical (unpaired) electrons. The van der Waals surface area contributed by atoms with Crippen molar-refractivity contribution in [2.45, 2.75) is 70.1 Å². The minimum atomic E-state index is -2.01. The van der Waals surface area contributed by atoms with E-state index in [4.69, 9.17) is 4.74 Å². The van der Waals surface area contributed by atoms with Crippen LogP contribution in [0.3, 0.4) is 0 Å². The molecule has 3 atom stereocenters. The van der Waals surface area contributed by atoms with Crippen LogP contribution in [0.1, 0.15) is 58.8 Å². The Morgan fingerprint density at radius 1 is 1.23 bits per heavy atom. The summed E-state index contributed by atoms with van der Waals surface area (Å²) in [5.41, 5.74) is -4.02. The van der Waals surface area contributed by atoms with Crippen molar-refractivity contribution in [3.8, 4) is 12.1 Å². The van der Waals surface area contributed by atoms with Gasteiger partial charge in [-0.3, -0.25) is 0 Å². The first-order valence-corrected chi connectivity index (χ1v) is 7.97. The smallest absolute Gasteiger partial charge is 0.344 e. The Morgan fingerprint density at radius 2 is 1.77 bits per heavy atom. The number of halogens is 1. The summed E-state index contributed by atoms with van der Waals surface area (Å²) in [6, 6.07) is 4.77. The van der Waals surface area contributed by atoms with E-state index < -0.39 is 28.1 Å². The average molecular weight is 304 g/mol. The van der Waals surface area contributed by atoms with E-state index in [-0.39, 0.29) is 12.3 Å². The van der Waals surface area contributed by atoms with E-state index >= 15 is 0 Å². The standard InChI is InChI=1S/C17H21FN2O2/c1-3-14(2,18)13(21)22-17-6-12-4-15(8-17,10-19)7-16(5-12,9-17)11-20/h12H,3-9H2,1-2H3. The van der Waals surface area contributed by atoms with Crippen LogP contribution in [-0.2, 0) is 9.53 Å². The summed E-state index contributed by atoms with van der Waals surface area (Å²) in [4.78, 5) is 12.2. The van der Waals surface area contributed by atoms with Crippen LogP contribution in [0.4, 0.5) is 4.39 Å². The molecule has 4 fully saturated rings. The molecular formula is C17H21FN2O2. The Labute approximate surface area is 130 Å². The second-order valence-corrected chi connectivity index (χ2v) is 7.92. The molecule has 0 N–H and O–H groups in total. The maximum atomic E-state index is 14.2. The summed E-state index contributed by atoms with van der Waals surface area (Å²) in [5, 5.41) is 19.2. The first-order chi connectivity index (χ1) is 10.2. The number of alkyl halides is 1. The topological polar surface area (TPSA) is 73.9 Å². The predicted octanol–water partition coefficient (Wildman–Crippen LogP) is 3.42. The quantitative estimate of drug-likeness (QED) is 0.749. The molecule has 0 spiro atoms. The normalized spacial score (nSPS) is 44.7. The van der Waals surface area contributed by atoms with Gasteiger partial charge in [-0.05, 0) is 44.9 Å². The van der Waals surface area contributed by atoms with E-state index in [0.717, 1.165) is 12.8 Å². The SMILES string of the molecule is CCC(C)(F)C(=O)OC12CC3CC(C#N)(CC(C#N)(C3)C1)C2. The molecular weight excluding hydrogens is 283 g/mol. The summed E-state index contributed by atoms with van der Waals surface area (Å²) < 4.78 is 19.9. The van der Waals surface area contributed by atoms with Crippen LogP contribution in [0, 0.1) is 39.4 Å². The van der Waals surface area contributed by atoms with E-state index in [1.54, 1.807) is 6.92 Å². The number of esters is 1. The van der Waals surface area contributed by atoms with Crippen molar-refractivity contribution >= 4 is 5.97 Å². The molecule has 0 heterocycles. The van der Waals surface area contributed by atoms with Gasteiger partial charge in [-0.1, -0.05) is 6.92 Å². The molecule has 4 aliphatic rings. The number of nitriles is 2. The van der Waals surface area contributed by atoms with Crippen molar-refractivity contribution in [3.05, 3.63) is 0 Å². The van der Waals surface area contributed by atoms with Crippen LogP contribution in [0.2, 0.25) is 0 Å². The van der Waals surface area contributed by atoms with Gasteiger partial charge in [0.05, 0.1) is 23.0 Å². The van der Waals surface area contributed by atoms with E-state index in [1.165, 1.54) is 6.92 Å². The Balaban J connectivity index is 1.93. The van der Waals surface area contributed by atoms with Crippen LogP contribution in [0.5, 0.6) is 0 Å². The van der Waals surface area contributed by atoms with Crippen LogP contribution < -0.4 is 0 Å². The maximum Gasteiger partial charge on any atom is 0.344 e. The van der Waals surface area contributed by atoms with E-state index in [1.807, 2.05) is 0 Å². The molecule has 0 amide bonds. The Kier molecular flexibility index (Phi) is 3.09. The van der Waals surface area contributed by atoms with Crippen LogP contribution in [-0.4, -0.2) is 17.2 Å². The highest BCUT2D eigenvalue weighted by Gasteiger charge is 2.66. The fourth-order valence-electron chi connectivity index (χ4n) is 5.16. The minimum Gasteiger partial charge on any atom is -0.457 e. The molecule has 5 heteroatoms. The molecule has 118 valence electrons. The van der Waals surface area contributed by atoms with Crippen molar-refractivity contribution in [1.82, 2.24) is 0 Å². The van der Waals surface area contributed by atoms with Crippen molar-refractivity contribution in [1.29, 1.82) is 10.5 Å². The molecule has 0 aromatic heterocycles. The van der Waals surface area contributed by atoms with Gasteiger partial charge >= 0.3 is 5.97 Å². The number of ether oxygens (including phenoxy) is 1. The molecule has 0 aliphatic heterocycles. The molecule has 4 aliphatic carbocycles. The number of rotatable bonds is 3. The summed E-state index contributed by atoms with van der Waals surface area (Å²) in [7, 11) is 0. The van der Waals surface area contributed by atoms with E-state index in [9.17, 15) is 19.7 Å². The second-order valence-electron chi connectivity index (χ2n) is 7.92. The molecule has 4 bridgehead atoms. The van der Waals surface area contributed by atoms with Gasteiger partial charge in [0.2, 0.25) is 5.67 Å². The Bertz CT molecular complexity index is 571. The van der Waals surface area contributed by atoms with Gasteiger partial charge in [-0.2, -0.15) is 10.5 Å². The highest BCUT2D eigenvalue weighted by molar-refractivity contribution is 5.79. The predicted molar refractivity (Wildman–Crippen MR) is 75.9 cm³/mol. The van der Waals surface area contributed by atoms with Gasteiger partial charge in [0.1, 0.15) is 5.60 Å². The van der Waals surface area contributed by atoms with Crippen LogP contribution in [0.25, 0.3) is 0 Å². The lowest BCUT2D eigenvalue weighted by Gasteiger charge is -2.61. The van der Waals surface area contributed by atoms with Gasteiger partial charge in [-0.15, -0.1) is 0 Å². The molecule has 3 unspecified atom stereocenters. The summed E-state index contributed by atoms with van der Waals surface area (Å²) >= 11 is 0. The number of nitrogens with zero attached hydrogens (tertiary/aromatic N) is 2. The third-order valence-corrected chi connectivity index (χ3v) is 5.89. The van der Waals surface area contributed by atoms with Crippen LogP contribution in [0.15, 0.2) is 0 Å². The van der Waals surface area contributed by atoms with Crippen LogP contribution >= 0.6 is 0 Å². The summed E-state index contributed by atoms with van der Waals surface area (Å²) in [5.74, 6) is -0.631. The zero-order valence-electron chi connectivity index (χ0n) is 13.1. The van der Waals surface area contributed by atoms with Crippen molar-refractivity contribution in [2.75, 3.05) is 0 Å². The third kappa shape index (κ3) is 2.10. The first-order valence-electron chi connectivity index (χ1n) is 7.97. The lowest BCUT2D eigenvalue weighted by atomic mass is 9.43. The minimum absolute atomic E-state index is 0.0537. The first kappa shape index (κ1) is 15.3. The summed E-state index contributed by atoms with van der Waals surface area (Å²) in [6.07, 6.45) is 3.71. The Hall–Kier alpha value is -1.62. The third-order valence-electron chi connectivity index (χ3n) is 5.89. The number of carbonyl (C=O) groups excluding carboxylic acids is 1. The molecule has 4 nitrogen and oxygen atoms in total. The highest BCUT2D eigenvalue weighted by Crippen LogP contribution is 2.67. The number of hydrogen-bond donors (Lipinski definition) is 0. The van der Waals surface area contributed by atoms with Crippen molar-refractivity contribution in [2.24, 2.45) is 16.7 Å². The zero-order chi connectivity index (χ0) is 16.2.